The number of nitrogens with zero attached hydrogens (tertiary/aromatic N) is 3. The molecule has 0 aliphatic carbocycles. The van der Waals surface area contributed by atoms with Crippen molar-refractivity contribution >= 4 is 46.2 Å². The average Bonchev–Trinajstić information content (AvgIpc) is 3.09. The van der Waals surface area contributed by atoms with Gasteiger partial charge in [-0.25, -0.2) is 0 Å². The monoisotopic (exact) mass is 357 g/mol. The maximum atomic E-state index is 8.50. The number of hydrogen-bond donors (Lipinski definition) is 2. The van der Waals surface area contributed by atoms with E-state index in [1.165, 1.54) is 0 Å². The molecule has 1 aromatic heterocycles. The van der Waals surface area contributed by atoms with Crippen molar-refractivity contribution in [3.63, 3.8) is 0 Å². The smallest absolute Gasteiger partial charge is 0.141 e. The Kier molecular flexibility index (Phi) is 3.67. The minimum absolute atomic E-state index is 0.404. The molecule has 0 unspecified atom stereocenters. The van der Waals surface area contributed by atoms with E-state index in [1.807, 2.05) is 52.3 Å². The lowest BCUT2D eigenvalue weighted by Gasteiger charge is -2.37. The third-order valence-corrected chi connectivity index (χ3v) is 4.72. The second kappa shape index (κ2) is 5.85. The van der Waals surface area contributed by atoms with E-state index < -0.39 is 0 Å². The van der Waals surface area contributed by atoms with Gasteiger partial charge in [-0.15, -0.1) is 0 Å². The van der Waals surface area contributed by atoms with Gasteiger partial charge >= 0.3 is 0 Å². The summed E-state index contributed by atoms with van der Waals surface area (Å²) >= 11 is 12.2. The summed E-state index contributed by atoms with van der Waals surface area (Å²) in [6.07, 6.45) is 1.66. The highest BCUT2D eigenvalue weighted by Crippen LogP contribution is 2.36. The van der Waals surface area contributed by atoms with E-state index in [4.69, 9.17) is 28.6 Å². The van der Waals surface area contributed by atoms with Gasteiger partial charge in [0.15, 0.2) is 0 Å². The lowest BCUT2D eigenvalue weighted by Crippen LogP contribution is -2.44. The molecule has 7 heteroatoms. The maximum Gasteiger partial charge on any atom is 0.141 e. The second-order valence-electron chi connectivity index (χ2n) is 5.41. The number of benzene rings is 2. The van der Waals surface area contributed by atoms with Crippen LogP contribution >= 0.6 is 23.2 Å². The number of para-hydroxylation sites is 1. The molecule has 24 heavy (non-hydrogen) atoms. The summed E-state index contributed by atoms with van der Waals surface area (Å²) in [6.45, 7) is 0.468. The van der Waals surface area contributed by atoms with E-state index in [9.17, 15) is 0 Å². The standard InChI is InChI=1S/C17H13Cl2N5/c18-14-7-6-12(8-15(14)19)24-10-23(11-4-2-1-3-5-11)16(20)13-9-21-22-17(13)24/h1-9,20H,10H2,(H,21,22). The molecule has 0 saturated carbocycles. The van der Waals surface area contributed by atoms with E-state index in [-0.39, 0.29) is 0 Å². The molecule has 4 rings (SSSR count). The maximum absolute atomic E-state index is 8.50. The van der Waals surface area contributed by atoms with Crippen molar-refractivity contribution in [3.05, 3.63) is 70.3 Å². The van der Waals surface area contributed by atoms with Crippen molar-refractivity contribution in [2.45, 2.75) is 0 Å². The molecule has 120 valence electrons. The van der Waals surface area contributed by atoms with Crippen LogP contribution in [0.5, 0.6) is 0 Å². The SMILES string of the molecule is N=C1c2cn[nH]c2N(c2ccc(Cl)c(Cl)c2)CN1c1ccccc1. The van der Waals surface area contributed by atoms with E-state index >= 15 is 0 Å². The molecule has 0 bridgehead atoms. The van der Waals surface area contributed by atoms with Gasteiger partial charge in [0, 0.05) is 11.4 Å². The topological polar surface area (TPSA) is 59.0 Å². The van der Waals surface area contributed by atoms with E-state index in [0.717, 1.165) is 22.8 Å². The molecule has 0 saturated heterocycles. The van der Waals surface area contributed by atoms with Gasteiger partial charge in [-0.05, 0) is 30.3 Å². The number of rotatable bonds is 2. The Morgan fingerprint density at radius 3 is 2.50 bits per heavy atom. The van der Waals surface area contributed by atoms with Crippen molar-refractivity contribution in [1.82, 2.24) is 10.2 Å². The summed E-state index contributed by atoms with van der Waals surface area (Å²) in [5, 5.41) is 16.6. The van der Waals surface area contributed by atoms with Gasteiger partial charge in [0.2, 0.25) is 0 Å². The molecule has 3 aromatic rings. The normalized spacial score (nSPS) is 14.0. The molecule has 0 amide bonds. The van der Waals surface area contributed by atoms with E-state index in [0.29, 0.717) is 22.5 Å². The first kappa shape index (κ1) is 15.1. The molecule has 0 atom stereocenters. The summed E-state index contributed by atoms with van der Waals surface area (Å²) in [5.41, 5.74) is 2.55. The van der Waals surface area contributed by atoms with Crippen LogP contribution < -0.4 is 9.80 Å². The van der Waals surface area contributed by atoms with Crippen LogP contribution in [0.1, 0.15) is 5.56 Å². The van der Waals surface area contributed by atoms with Crippen LogP contribution in [0, 0.1) is 5.41 Å². The van der Waals surface area contributed by atoms with Crippen molar-refractivity contribution in [2.75, 3.05) is 16.5 Å². The second-order valence-corrected chi connectivity index (χ2v) is 6.23. The summed E-state index contributed by atoms with van der Waals surface area (Å²) in [4.78, 5) is 3.94. The molecule has 2 aromatic carbocycles. The minimum Gasteiger partial charge on any atom is -0.308 e. The van der Waals surface area contributed by atoms with Crippen molar-refractivity contribution < 1.29 is 0 Å². The fraction of sp³-hybridized carbons (Fsp3) is 0.0588. The predicted molar refractivity (Wildman–Crippen MR) is 97.8 cm³/mol. The third-order valence-electron chi connectivity index (χ3n) is 3.98. The quantitative estimate of drug-likeness (QED) is 0.701. The predicted octanol–water partition coefficient (Wildman–Crippen LogP) is 4.66. The lowest BCUT2D eigenvalue weighted by molar-refractivity contribution is 0.894. The van der Waals surface area contributed by atoms with Crippen LogP contribution in [0.4, 0.5) is 17.2 Å². The molecule has 1 aliphatic heterocycles. The molecule has 5 nitrogen and oxygen atoms in total. The summed E-state index contributed by atoms with van der Waals surface area (Å²) in [6, 6.07) is 15.3. The molecular weight excluding hydrogens is 345 g/mol. The number of anilines is 3. The Hall–Kier alpha value is -2.50. The number of fused-ring (bicyclic) bond motifs is 1. The lowest BCUT2D eigenvalue weighted by atomic mass is 10.1. The van der Waals surface area contributed by atoms with E-state index in [2.05, 4.69) is 10.2 Å². The Bertz CT molecular complexity index is 906. The number of hydrogen-bond acceptors (Lipinski definition) is 3. The zero-order valence-electron chi connectivity index (χ0n) is 12.5. The molecule has 0 fully saturated rings. The van der Waals surface area contributed by atoms with Crippen LogP contribution in [-0.4, -0.2) is 22.7 Å². The third kappa shape index (κ3) is 2.42. The number of aromatic amines is 1. The van der Waals surface area contributed by atoms with Crippen molar-refractivity contribution in [2.24, 2.45) is 0 Å². The fourth-order valence-corrected chi connectivity index (χ4v) is 3.06. The molecule has 2 N–H and O–H groups in total. The van der Waals surface area contributed by atoms with E-state index in [1.54, 1.807) is 12.3 Å². The van der Waals surface area contributed by atoms with Gasteiger partial charge < -0.3 is 9.80 Å². The molecular formula is C17H13Cl2N5. The summed E-state index contributed by atoms with van der Waals surface area (Å²) in [7, 11) is 0. The molecule has 2 heterocycles. The zero-order chi connectivity index (χ0) is 16.7. The number of amidine groups is 1. The first-order valence-corrected chi connectivity index (χ1v) is 8.08. The van der Waals surface area contributed by atoms with Crippen LogP contribution in [0.2, 0.25) is 10.0 Å². The molecule has 0 radical (unpaired) electrons. The first-order chi connectivity index (χ1) is 11.6. The first-order valence-electron chi connectivity index (χ1n) is 7.32. The highest BCUT2D eigenvalue weighted by Gasteiger charge is 2.30. The van der Waals surface area contributed by atoms with Gasteiger partial charge in [-0.3, -0.25) is 10.5 Å². The number of nitrogens with one attached hydrogen (secondary N) is 2. The fourth-order valence-electron chi connectivity index (χ4n) is 2.77. The Morgan fingerprint density at radius 2 is 1.75 bits per heavy atom. The van der Waals surface area contributed by atoms with Gasteiger partial charge in [0.25, 0.3) is 0 Å². The van der Waals surface area contributed by atoms with Crippen LogP contribution in [0.15, 0.2) is 54.7 Å². The average molecular weight is 358 g/mol. The van der Waals surface area contributed by atoms with Crippen LogP contribution in [-0.2, 0) is 0 Å². The largest absolute Gasteiger partial charge is 0.308 e. The molecule has 1 aliphatic rings. The van der Waals surface area contributed by atoms with Gasteiger partial charge in [0.05, 0.1) is 21.8 Å². The van der Waals surface area contributed by atoms with Crippen LogP contribution in [0.3, 0.4) is 0 Å². The zero-order valence-corrected chi connectivity index (χ0v) is 14.0. The Balaban J connectivity index is 1.81. The summed E-state index contributed by atoms with van der Waals surface area (Å²) < 4.78 is 0. The number of halogens is 2. The number of aromatic nitrogens is 2. The Morgan fingerprint density at radius 1 is 0.958 bits per heavy atom. The highest BCUT2D eigenvalue weighted by molar-refractivity contribution is 6.42. The summed E-state index contributed by atoms with van der Waals surface area (Å²) in [5.74, 6) is 1.17. The highest BCUT2D eigenvalue weighted by atomic mass is 35.5. The minimum atomic E-state index is 0.404. The van der Waals surface area contributed by atoms with Crippen molar-refractivity contribution in [1.29, 1.82) is 5.41 Å². The van der Waals surface area contributed by atoms with Gasteiger partial charge in [-0.1, -0.05) is 41.4 Å². The van der Waals surface area contributed by atoms with Gasteiger partial charge in [-0.2, -0.15) is 5.10 Å². The van der Waals surface area contributed by atoms with Gasteiger partial charge in [0.1, 0.15) is 18.3 Å². The van der Waals surface area contributed by atoms with Crippen molar-refractivity contribution in [3.8, 4) is 0 Å². The Labute approximate surface area is 148 Å². The van der Waals surface area contributed by atoms with Crippen LogP contribution in [0.25, 0.3) is 0 Å². The molecule has 0 spiro atoms. The number of H-pyrrole nitrogens is 1.